The van der Waals surface area contributed by atoms with Crippen LogP contribution in [0.4, 0.5) is 0 Å². The molecular weight excluding hydrogens is 374 g/mol. The van der Waals surface area contributed by atoms with E-state index >= 15 is 0 Å². The van der Waals surface area contributed by atoms with Gasteiger partial charge < -0.3 is 18.9 Å². The minimum Gasteiger partial charge on any atom is -0.493 e. The molecular formula is C20H19N5O4. The summed E-state index contributed by atoms with van der Waals surface area (Å²) >= 11 is 0. The molecule has 0 aliphatic carbocycles. The molecule has 148 valence electrons. The van der Waals surface area contributed by atoms with Crippen molar-refractivity contribution < 1.29 is 18.8 Å². The van der Waals surface area contributed by atoms with Crippen molar-refractivity contribution in [3.63, 3.8) is 0 Å². The average Bonchev–Trinajstić information content (AvgIpc) is 3.21. The zero-order chi connectivity index (χ0) is 20.2. The molecule has 4 rings (SSSR count). The Labute approximate surface area is 167 Å². The second kappa shape index (κ2) is 8.09. The quantitative estimate of drug-likeness (QED) is 0.587. The van der Waals surface area contributed by atoms with Gasteiger partial charge in [0.15, 0.2) is 11.5 Å². The third-order valence-corrected chi connectivity index (χ3v) is 4.58. The van der Waals surface area contributed by atoms with E-state index in [4.69, 9.17) is 14.0 Å². The van der Waals surface area contributed by atoms with Gasteiger partial charge in [0, 0.05) is 31.6 Å². The van der Waals surface area contributed by atoms with E-state index in [0.29, 0.717) is 42.1 Å². The predicted molar refractivity (Wildman–Crippen MR) is 103 cm³/mol. The van der Waals surface area contributed by atoms with E-state index in [2.05, 4.69) is 20.1 Å². The van der Waals surface area contributed by atoms with Gasteiger partial charge in [0.1, 0.15) is 0 Å². The molecule has 29 heavy (non-hydrogen) atoms. The third-order valence-electron chi connectivity index (χ3n) is 4.58. The van der Waals surface area contributed by atoms with Crippen LogP contribution in [-0.4, -0.2) is 58.2 Å². The van der Waals surface area contributed by atoms with Gasteiger partial charge >= 0.3 is 0 Å². The number of methoxy groups -OCH3 is 2. The molecule has 9 heteroatoms. The summed E-state index contributed by atoms with van der Waals surface area (Å²) < 4.78 is 15.8. The molecule has 3 aromatic rings. The number of carbonyl (C=O) groups is 1. The molecule has 1 amide bonds. The van der Waals surface area contributed by atoms with Gasteiger partial charge in [-0.2, -0.15) is 4.98 Å². The van der Waals surface area contributed by atoms with Crippen LogP contribution in [0.5, 0.6) is 11.5 Å². The summed E-state index contributed by atoms with van der Waals surface area (Å²) in [6.07, 6.45) is 6.52. The van der Waals surface area contributed by atoms with Crippen LogP contribution in [0.15, 0.2) is 47.3 Å². The lowest BCUT2D eigenvalue weighted by Gasteiger charge is -2.36. The highest BCUT2D eigenvalue weighted by Gasteiger charge is 2.35. The van der Waals surface area contributed by atoms with E-state index in [0.717, 1.165) is 5.56 Å². The molecule has 1 fully saturated rings. The summed E-state index contributed by atoms with van der Waals surface area (Å²) in [5.41, 5.74) is 0.845. The predicted octanol–water partition coefficient (Wildman–Crippen LogP) is 2.18. The van der Waals surface area contributed by atoms with Gasteiger partial charge in [0.05, 0.1) is 20.1 Å². The summed E-state index contributed by atoms with van der Waals surface area (Å²) in [4.78, 5) is 26.6. The summed E-state index contributed by atoms with van der Waals surface area (Å²) in [5, 5.41) is 3.92. The summed E-state index contributed by atoms with van der Waals surface area (Å²) in [6.45, 7) is 1.04. The summed E-state index contributed by atoms with van der Waals surface area (Å²) in [7, 11) is 3.15. The first-order valence-corrected chi connectivity index (χ1v) is 8.98. The van der Waals surface area contributed by atoms with Crippen molar-refractivity contribution in [3.05, 3.63) is 54.2 Å². The maximum atomic E-state index is 12.4. The molecule has 0 spiro atoms. The largest absolute Gasteiger partial charge is 0.493 e. The molecule has 1 aliphatic heterocycles. The number of benzene rings is 1. The Morgan fingerprint density at radius 3 is 2.62 bits per heavy atom. The summed E-state index contributed by atoms with van der Waals surface area (Å²) in [5.74, 6) is 2.43. The van der Waals surface area contributed by atoms with Crippen molar-refractivity contribution in [1.29, 1.82) is 0 Å². The third kappa shape index (κ3) is 3.93. The number of carbonyl (C=O) groups excluding carboxylic acids is 1. The van der Waals surface area contributed by atoms with Crippen LogP contribution in [0.2, 0.25) is 0 Å². The standard InChI is InChI=1S/C20H19N5O4/c1-27-15-6-4-13(10-16(15)28-2)5-7-17(26)25-11-14(12-25)20-23-19(24-29-20)18-21-8-3-9-22-18/h3-10,14H,11-12H2,1-2H3/b7-5+. The smallest absolute Gasteiger partial charge is 0.246 e. The molecule has 2 aromatic heterocycles. The number of amides is 1. The molecule has 0 unspecified atom stereocenters. The summed E-state index contributed by atoms with van der Waals surface area (Å²) in [6, 6.07) is 7.19. The maximum Gasteiger partial charge on any atom is 0.246 e. The van der Waals surface area contributed by atoms with Crippen molar-refractivity contribution >= 4 is 12.0 Å². The molecule has 1 aromatic carbocycles. The van der Waals surface area contributed by atoms with Gasteiger partial charge in [-0.25, -0.2) is 9.97 Å². The number of rotatable bonds is 6. The van der Waals surface area contributed by atoms with Crippen LogP contribution in [0.1, 0.15) is 17.4 Å². The SMILES string of the molecule is COc1ccc(/C=C/C(=O)N2CC(c3nc(-c4ncccn4)no3)C2)cc1OC. The van der Waals surface area contributed by atoms with Gasteiger partial charge in [-0.05, 0) is 29.8 Å². The van der Waals surface area contributed by atoms with Gasteiger partial charge in [-0.3, -0.25) is 4.79 Å². The van der Waals surface area contributed by atoms with E-state index in [1.807, 2.05) is 12.1 Å². The number of aromatic nitrogens is 4. The Hall–Kier alpha value is -3.75. The second-order valence-corrected chi connectivity index (χ2v) is 6.42. The highest BCUT2D eigenvalue weighted by atomic mass is 16.5. The van der Waals surface area contributed by atoms with Crippen LogP contribution >= 0.6 is 0 Å². The van der Waals surface area contributed by atoms with Crippen molar-refractivity contribution in [2.45, 2.75) is 5.92 Å². The first-order valence-electron chi connectivity index (χ1n) is 8.98. The Kier molecular flexibility index (Phi) is 5.19. The Balaban J connectivity index is 1.35. The Morgan fingerprint density at radius 1 is 1.14 bits per heavy atom. The van der Waals surface area contributed by atoms with Gasteiger partial charge in [-0.1, -0.05) is 11.2 Å². The van der Waals surface area contributed by atoms with Crippen LogP contribution in [-0.2, 0) is 4.79 Å². The minimum atomic E-state index is -0.0813. The highest BCUT2D eigenvalue weighted by Crippen LogP contribution is 2.29. The normalized spacial score (nSPS) is 14.1. The molecule has 1 saturated heterocycles. The lowest BCUT2D eigenvalue weighted by atomic mass is 10.00. The number of nitrogens with zero attached hydrogens (tertiary/aromatic N) is 5. The van der Waals surface area contributed by atoms with E-state index in [1.54, 1.807) is 49.7 Å². The van der Waals surface area contributed by atoms with Crippen LogP contribution < -0.4 is 9.47 Å². The van der Waals surface area contributed by atoms with Crippen LogP contribution in [0.25, 0.3) is 17.7 Å². The van der Waals surface area contributed by atoms with E-state index in [-0.39, 0.29) is 11.8 Å². The van der Waals surface area contributed by atoms with Gasteiger partial charge in [0.25, 0.3) is 0 Å². The highest BCUT2D eigenvalue weighted by molar-refractivity contribution is 5.92. The molecule has 0 saturated carbocycles. The van der Waals surface area contributed by atoms with E-state index in [9.17, 15) is 4.79 Å². The number of ether oxygens (including phenoxy) is 2. The molecule has 1 aliphatic rings. The van der Waals surface area contributed by atoms with Crippen LogP contribution in [0.3, 0.4) is 0 Å². The lowest BCUT2D eigenvalue weighted by Crippen LogP contribution is -2.47. The molecule has 9 nitrogen and oxygen atoms in total. The molecule has 0 bridgehead atoms. The number of likely N-dealkylation sites (tertiary alicyclic amines) is 1. The fraction of sp³-hybridized carbons (Fsp3) is 0.250. The Morgan fingerprint density at radius 2 is 1.90 bits per heavy atom. The monoisotopic (exact) mass is 393 g/mol. The zero-order valence-electron chi connectivity index (χ0n) is 16.0. The van der Waals surface area contributed by atoms with Crippen molar-refractivity contribution in [3.8, 4) is 23.1 Å². The average molecular weight is 393 g/mol. The fourth-order valence-corrected chi connectivity index (χ4v) is 2.95. The first kappa shape index (κ1) is 18.6. The lowest BCUT2D eigenvalue weighted by molar-refractivity contribution is -0.130. The number of hydrogen-bond donors (Lipinski definition) is 0. The van der Waals surface area contributed by atoms with Crippen molar-refractivity contribution in [2.24, 2.45) is 0 Å². The van der Waals surface area contributed by atoms with Gasteiger partial charge in [-0.15, -0.1) is 0 Å². The van der Waals surface area contributed by atoms with E-state index < -0.39 is 0 Å². The molecule has 0 atom stereocenters. The van der Waals surface area contributed by atoms with Crippen LogP contribution in [0, 0.1) is 0 Å². The zero-order valence-corrected chi connectivity index (χ0v) is 16.0. The fourth-order valence-electron chi connectivity index (χ4n) is 2.95. The second-order valence-electron chi connectivity index (χ2n) is 6.42. The Bertz CT molecular complexity index is 1030. The first-order chi connectivity index (χ1) is 14.2. The maximum absolute atomic E-state index is 12.4. The molecule has 3 heterocycles. The van der Waals surface area contributed by atoms with Gasteiger partial charge in [0.2, 0.25) is 23.4 Å². The van der Waals surface area contributed by atoms with Crippen molar-refractivity contribution in [1.82, 2.24) is 25.0 Å². The minimum absolute atomic E-state index is 0.0124. The molecule has 0 N–H and O–H groups in total. The number of hydrogen-bond acceptors (Lipinski definition) is 8. The van der Waals surface area contributed by atoms with E-state index in [1.165, 1.54) is 6.08 Å². The molecule has 0 radical (unpaired) electrons. The topological polar surface area (TPSA) is 103 Å². The van der Waals surface area contributed by atoms with Crippen molar-refractivity contribution in [2.75, 3.05) is 27.3 Å².